The summed E-state index contributed by atoms with van der Waals surface area (Å²) in [5.74, 6) is 2.64. The largest absolute Gasteiger partial charge is 0.129 e. The normalized spacial score (nSPS) is 20.7. The predicted octanol–water partition coefficient (Wildman–Crippen LogP) is 3.38. The van der Waals surface area contributed by atoms with Gasteiger partial charge in [0.25, 0.3) is 0 Å². The second kappa shape index (κ2) is 8.28. The van der Waals surface area contributed by atoms with Crippen molar-refractivity contribution in [2.75, 3.05) is 11.5 Å². The van der Waals surface area contributed by atoms with E-state index in [9.17, 15) is 0 Å². The smallest absolute Gasteiger partial charge is 0.103 e. The molecule has 1 unspecified atom stereocenters. The van der Waals surface area contributed by atoms with E-state index in [1.165, 1.54) is 17.9 Å². The van der Waals surface area contributed by atoms with E-state index in [1.54, 1.807) is 6.08 Å². The lowest BCUT2D eigenvalue weighted by Gasteiger charge is -1.88. The van der Waals surface area contributed by atoms with Crippen molar-refractivity contribution in [1.29, 1.82) is 0 Å². The van der Waals surface area contributed by atoms with Gasteiger partial charge in [-0.25, -0.2) is 0 Å². The molecule has 0 aromatic carbocycles. The lowest BCUT2D eigenvalue weighted by Crippen LogP contribution is -1.92. The van der Waals surface area contributed by atoms with Crippen LogP contribution in [-0.2, 0) is 9.93 Å². The Morgan fingerprint density at radius 3 is 2.73 bits per heavy atom. The minimum absolute atomic E-state index is 0.609. The average Bonchev–Trinajstić information content (AvgIpc) is 2.42. The maximum atomic E-state index is 3.36. The van der Waals surface area contributed by atoms with Gasteiger partial charge in [-0.2, -0.15) is 0 Å². The van der Waals surface area contributed by atoms with Gasteiger partial charge in [-0.3, -0.25) is 0 Å². The molecule has 0 aromatic rings. The summed E-state index contributed by atoms with van der Waals surface area (Å²) in [6.45, 7) is 7.50. The van der Waals surface area contributed by atoms with Crippen LogP contribution >= 0.6 is 10.8 Å². The molecule has 0 bridgehead atoms. The quantitative estimate of drug-likeness (QED) is 0.364. The third-order valence-electron chi connectivity index (χ3n) is 0.969. The van der Waals surface area contributed by atoms with Gasteiger partial charge in [0, 0.05) is 0 Å². The van der Waals surface area contributed by atoms with Crippen molar-refractivity contribution in [3.8, 4) is 0 Å². The van der Waals surface area contributed by atoms with E-state index >= 15 is 0 Å². The topological polar surface area (TPSA) is 0 Å². The van der Waals surface area contributed by atoms with Gasteiger partial charge in [0.05, 0.1) is 15.7 Å². The highest BCUT2D eigenvalue weighted by Gasteiger charge is 2.18. The average molecular weight is 189 g/mol. The zero-order chi connectivity index (χ0) is 8.53. The molecule has 0 N–H and O–H groups in total. The van der Waals surface area contributed by atoms with Gasteiger partial charge >= 0.3 is 0 Å². The maximum absolute atomic E-state index is 3.36. The SMILES string of the molecule is C=CC.CCC[S+]1C=CCS1. The van der Waals surface area contributed by atoms with E-state index in [-0.39, 0.29) is 0 Å². The van der Waals surface area contributed by atoms with Crippen molar-refractivity contribution in [3.05, 3.63) is 24.1 Å². The summed E-state index contributed by atoms with van der Waals surface area (Å²) in [4.78, 5) is 0. The van der Waals surface area contributed by atoms with E-state index < -0.39 is 0 Å². The van der Waals surface area contributed by atoms with E-state index in [0.29, 0.717) is 9.93 Å². The molecule has 0 aliphatic carbocycles. The molecule has 0 fully saturated rings. The van der Waals surface area contributed by atoms with Gasteiger partial charge in [-0.05, 0) is 19.4 Å². The highest BCUT2D eigenvalue weighted by atomic mass is 33.1. The molecular formula is C9H17S2+. The molecule has 1 aliphatic heterocycles. The lowest BCUT2D eigenvalue weighted by molar-refractivity contribution is 1.11. The van der Waals surface area contributed by atoms with Crippen molar-refractivity contribution >= 4 is 20.7 Å². The van der Waals surface area contributed by atoms with Gasteiger partial charge < -0.3 is 0 Å². The molecule has 11 heavy (non-hydrogen) atoms. The number of allylic oxidation sites excluding steroid dienone is 1. The van der Waals surface area contributed by atoms with Gasteiger partial charge in [0.2, 0.25) is 0 Å². The lowest BCUT2D eigenvalue weighted by atomic mass is 10.6. The van der Waals surface area contributed by atoms with Crippen LogP contribution in [0, 0.1) is 0 Å². The van der Waals surface area contributed by atoms with Crippen LogP contribution in [0.3, 0.4) is 0 Å². The van der Waals surface area contributed by atoms with Crippen molar-refractivity contribution < 1.29 is 0 Å². The van der Waals surface area contributed by atoms with E-state index in [4.69, 9.17) is 0 Å². The zero-order valence-electron chi connectivity index (χ0n) is 7.38. The van der Waals surface area contributed by atoms with Crippen LogP contribution in [0.5, 0.6) is 0 Å². The summed E-state index contributed by atoms with van der Waals surface area (Å²) in [6, 6.07) is 0. The van der Waals surface area contributed by atoms with Crippen LogP contribution in [0.4, 0.5) is 0 Å². The Hall–Kier alpha value is 0.180. The predicted molar refractivity (Wildman–Crippen MR) is 60.0 cm³/mol. The van der Waals surface area contributed by atoms with Crippen molar-refractivity contribution in [1.82, 2.24) is 0 Å². The third-order valence-corrected chi connectivity index (χ3v) is 5.06. The molecule has 0 amide bonds. The van der Waals surface area contributed by atoms with Gasteiger partial charge in [0.15, 0.2) is 0 Å². The van der Waals surface area contributed by atoms with Crippen LogP contribution in [0.15, 0.2) is 24.1 Å². The first kappa shape index (κ1) is 11.2. The molecule has 1 aliphatic rings. The Morgan fingerprint density at radius 1 is 1.73 bits per heavy atom. The first-order valence-corrected chi connectivity index (χ1v) is 6.87. The third kappa shape index (κ3) is 6.57. The summed E-state index contributed by atoms with van der Waals surface area (Å²) >= 11 is 0. The first-order chi connectivity index (χ1) is 5.35. The molecule has 1 heterocycles. The fourth-order valence-electron chi connectivity index (χ4n) is 0.641. The van der Waals surface area contributed by atoms with Crippen LogP contribution in [-0.4, -0.2) is 11.5 Å². The number of hydrogen-bond acceptors (Lipinski definition) is 1. The number of rotatable bonds is 2. The van der Waals surface area contributed by atoms with Crippen molar-refractivity contribution in [2.45, 2.75) is 20.3 Å². The Balaban J connectivity index is 0.000000292. The van der Waals surface area contributed by atoms with Crippen LogP contribution in [0.1, 0.15) is 20.3 Å². The zero-order valence-corrected chi connectivity index (χ0v) is 9.01. The second-order valence-electron chi connectivity index (χ2n) is 2.15. The minimum Gasteiger partial charge on any atom is -0.103 e. The summed E-state index contributed by atoms with van der Waals surface area (Å²) in [5, 5.41) is 2.36. The Kier molecular flexibility index (Phi) is 8.41. The Bertz CT molecular complexity index is 119. The van der Waals surface area contributed by atoms with E-state index in [1.807, 2.05) is 6.92 Å². The molecule has 0 saturated carbocycles. The number of hydrogen-bond donors (Lipinski definition) is 0. The molecular weight excluding hydrogens is 172 g/mol. The van der Waals surface area contributed by atoms with Gasteiger partial charge in [-0.1, -0.05) is 13.0 Å². The highest BCUT2D eigenvalue weighted by molar-refractivity contribution is 8.75. The first-order valence-electron chi connectivity index (χ1n) is 3.91. The fourth-order valence-corrected chi connectivity index (χ4v) is 4.24. The molecule has 0 spiro atoms. The van der Waals surface area contributed by atoms with Crippen molar-refractivity contribution in [2.24, 2.45) is 0 Å². The maximum Gasteiger partial charge on any atom is 0.129 e. The van der Waals surface area contributed by atoms with E-state index in [0.717, 1.165) is 0 Å². The Labute approximate surface area is 76.9 Å². The molecule has 2 heteroatoms. The van der Waals surface area contributed by atoms with Crippen LogP contribution < -0.4 is 0 Å². The standard InChI is InChI=1S/C6H11S2.C3H6/c1-2-5-8-6-3-4-7-8;1-3-2/h3,6H,2,4-5H2,1H3;3H,1H2,2H3/q+1;. The summed E-state index contributed by atoms with van der Waals surface area (Å²) in [5.41, 5.74) is 0. The Morgan fingerprint density at radius 2 is 2.36 bits per heavy atom. The fraction of sp³-hybridized carbons (Fsp3) is 0.556. The molecule has 64 valence electrons. The van der Waals surface area contributed by atoms with Crippen LogP contribution in [0.25, 0.3) is 0 Å². The minimum atomic E-state index is 0.609. The summed E-state index contributed by atoms with van der Waals surface area (Å²) < 4.78 is 0. The molecule has 0 aromatic heterocycles. The molecule has 0 nitrogen and oxygen atoms in total. The molecule has 1 atom stereocenters. The highest BCUT2D eigenvalue weighted by Crippen LogP contribution is 2.24. The summed E-state index contributed by atoms with van der Waals surface area (Å²) in [6.07, 6.45) is 5.36. The molecule has 0 radical (unpaired) electrons. The van der Waals surface area contributed by atoms with Crippen LogP contribution in [0.2, 0.25) is 0 Å². The van der Waals surface area contributed by atoms with E-state index in [2.05, 4.69) is 35.8 Å². The molecule has 1 rings (SSSR count). The molecule has 0 saturated heterocycles. The van der Waals surface area contributed by atoms with Crippen molar-refractivity contribution in [3.63, 3.8) is 0 Å². The van der Waals surface area contributed by atoms with Gasteiger partial charge in [0.1, 0.15) is 22.0 Å². The summed E-state index contributed by atoms with van der Waals surface area (Å²) in [7, 11) is 2.69. The monoisotopic (exact) mass is 189 g/mol. The second-order valence-corrected chi connectivity index (χ2v) is 6.15. The van der Waals surface area contributed by atoms with Gasteiger partial charge in [-0.15, -0.1) is 6.58 Å².